The summed E-state index contributed by atoms with van der Waals surface area (Å²) in [5.41, 5.74) is -1.12. The third-order valence-electron chi connectivity index (χ3n) is 3.88. The summed E-state index contributed by atoms with van der Waals surface area (Å²) in [5, 5.41) is 0. The molecule has 0 radical (unpaired) electrons. The number of sulfone groups is 1. The van der Waals surface area contributed by atoms with Crippen molar-refractivity contribution in [2.24, 2.45) is 0 Å². The van der Waals surface area contributed by atoms with Crippen LogP contribution in [0, 0.1) is 0 Å². The van der Waals surface area contributed by atoms with Gasteiger partial charge < -0.3 is 0 Å². The summed E-state index contributed by atoms with van der Waals surface area (Å²) in [6, 6.07) is 3.26. The van der Waals surface area contributed by atoms with Crippen LogP contribution in [0.2, 0.25) is 0 Å². The predicted octanol–water partition coefficient (Wildman–Crippen LogP) is 3.12. The second-order valence-electron chi connectivity index (χ2n) is 5.79. The Morgan fingerprint density at radius 3 is 2.12 bits per heavy atom. The van der Waals surface area contributed by atoms with Gasteiger partial charge in [0, 0.05) is 0 Å². The molecule has 5 nitrogen and oxygen atoms in total. The first-order valence-electron chi connectivity index (χ1n) is 7.20. The Bertz CT molecular complexity index is 807. The van der Waals surface area contributed by atoms with Crippen LogP contribution in [0.1, 0.15) is 37.7 Å². The zero-order valence-electron chi connectivity index (χ0n) is 12.8. The Morgan fingerprint density at radius 1 is 1.04 bits per heavy atom. The lowest BCUT2D eigenvalue weighted by molar-refractivity contribution is -0.137. The van der Waals surface area contributed by atoms with Crippen molar-refractivity contribution in [3.63, 3.8) is 0 Å². The van der Waals surface area contributed by atoms with Gasteiger partial charge in [0.25, 0.3) is 10.1 Å². The van der Waals surface area contributed by atoms with E-state index in [2.05, 4.69) is 0 Å². The number of benzene rings is 1. The summed E-state index contributed by atoms with van der Waals surface area (Å²) in [6.45, 7) is 0. The first-order chi connectivity index (χ1) is 10.9. The van der Waals surface area contributed by atoms with Gasteiger partial charge in [-0.3, -0.25) is 0 Å². The van der Waals surface area contributed by atoms with Crippen molar-refractivity contribution in [3.05, 3.63) is 29.8 Å². The first kappa shape index (κ1) is 19.2. The van der Waals surface area contributed by atoms with Crippen LogP contribution in [0.3, 0.4) is 0 Å². The van der Waals surface area contributed by atoms with Gasteiger partial charge in [-0.25, -0.2) is 12.6 Å². The van der Waals surface area contributed by atoms with Crippen molar-refractivity contribution in [3.8, 4) is 0 Å². The van der Waals surface area contributed by atoms with Gasteiger partial charge in [0.1, 0.15) is 0 Å². The number of hydrogen-bond donors (Lipinski definition) is 0. The molecule has 0 aliphatic heterocycles. The molecule has 1 aliphatic rings. The summed E-state index contributed by atoms with van der Waals surface area (Å²) in [4.78, 5) is -2.65. The highest BCUT2D eigenvalue weighted by Gasteiger charge is 2.49. The van der Waals surface area contributed by atoms with Gasteiger partial charge in [0.15, 0.2) is 4.93 Å². The standard InChI is InChI=1S/C14H17F3O5S2/c1-23(18,19)22-13(8-3-2-4-9-13)24(20,21)12-7-5-6-11(10-12)14(15,16)17/h5-7,10H,2-4,8-9H2,1H3. The molecule has 10 heteroatoms. The lowest BCUT2D eigenvalue weighted by Crippen LogP contribution is -2.44. The largest absolute Gasteiger partial charge is 0.416 e. The molecule has 2 rings (SSSR count). The van der Waals surface area contributed by atoms with Crippen LogP contribution in [-0.4, -0.2) is 28.0 Å². The Hall–Kier alpha value is -1.13. The van der Waals surface area contributed by atoms with Gasteiger partial charge in [-0.05, 0) is 43.9 Å². The minimum atomic E-state index is -4.71. The molecule has 0 amide bonds. The Labute approximate surface area is 138 Å². The highest BCUT2D eigenvalue weighted by Crippen LogP contribution is 2.42. The maximum Gasteiger partial charge on any atom is 0.416 e. The van der Waals surface area contributed by atoms with E-state index in [-0.39, 0.29) is 12.8 Å². The number of halogens is 3. The maximum absolute atomic E-state index is 12.9. The molecule has 1 aromatic carbocycles. The highest BCUT2D eigenvalue weighted by molar-refractivity contribution is 7.93. The van der Waals surface area contributed by atoms with Crippen LogP contribution >= 0.6 is 0 Å². The minimum absolute atomic E-state index is 0.0847. The summed E-state index contributed by atoms with van der Waals surface area (Å²) in [7, 11) is -8.55. The minimum Gasteiger partial charge on any atom is -0.247 e. The number of hydrogen-bond acceptors (Lipinski definition) is 5. The molecule has 0 saturated heterocycles. The van der Waals surface area contributed by atoms with Crippen LogP contribution in [0.5, 0.6) is 0 Å². The number of rotatable bonds is 4. The molecule has 1 aromatic rings. The molecule has 0 aromatic heterocycles. The van der Waals surface area contributed by atoms with Gasteiger partial charge in [0.2, 0.25) is 9.84 Å². The molecule has 0 N–H and O–H groups in total. The second-order valence-corrected chi connectivity index (χ2v) is 9.59. The van der Waals surface area contributed by atoms with Gasteiger partial charge in [-0.2, -0.15) is 21.6 Å². The van der Waals surface area contributed by atoms with E-state index >= 15 is 0 Å². The first-order valence-corrected chi connectivity index (χ1v) is 10.5. The van der Waals surface area contributed by atoms with Crippen LogP contribution in [0.4, 0.5) is 13.2 Å². The molecule has 0 spiro atoms. The van der Waals surface area contributed by atoms with Gasteiger partial charge >= 0.3 is 6.18 Å². The molecule has 0 bridgehead atoms. The number of alkyl halides is 3. The molecule has 1 saturated carbocycles. The molecule has 0 unspecified atom stereocenters. The van der Waals surface area contributed by atoms with Crippen molar-refractivity contribution < 1.29 is 34.2 Å². The lowest BCUT2D eigenvalue weighted by Gasteiger charge is -2.35. The van der Waals surface area contributed by atoms with Crippen molar-refractivity contribution in [1.82, 2.24) is 0 Å². The monoisotopic (exact) mass is 386 g/mol. The Morgan fingerprint density at radius 2 is 1.62 bits per heavy atom. The van der Waals surface area contributed by atoms with Crippen molar-refractivity contribution in [2.45, 2.75) is 48.1 Å². The fraction of sp³-hybridized carbons (Fsp3) is 0.571. The maximum atomic E-state index is 12.9. The summed E-state index contributed by atoms with van der Waals surface area (Å²) in [5.74, 6) is 0. The van der Waals surface area contributed by atoms with Crippen LogP contribution in [0.15, 0.2) is 29.2 Å². The van der Waals surface area contributed by atoms with E-state index in [0.29, 0.717) is 25.3 Å². The van der Waals surface area contributed by atoms with E-state index in [0.717, 1.165) is 24.5 Å². The second kappa shape index (κ2) is 6.30. The predicted molar refractivity (Wildman–Crippen MR) is 80.4 cm³/mol. The lowest BCUT2D eigenvalue weighted by atomic mass is 9.97. The van der Waals surface area contributed by atoms with Gasteiger partial charge in [-0.1, -0.05) is 12.5 Å². The van der Waals surface area contributed by atoms with E-state index in [9.17, 15) is 30.0 Å². The van der Waals surface area contributed by atoms with E-state index in [1.807, 2.05) is 0 Å². The van der Waals surface area contributed by atoms with E-state index in [1.165, 1.54) is 0 Å². The third-order valence-corrected chi connectivity index (χ3v) is 6.95. The van der Waals surface area contributed by atoms with Crippen LogP contribution in [-0.2, 0) is 30.3 Å². The molecule has 24 heavy (non-hydrogen) atoms. The third kappa shape index (κ3) is 3.92. The highest BCUT2D eigenvalue weighted by atomic mass is 32.2. The van der Waals surface area contributed by atoms with Gasteiger partial charge in [-0.15, -0.1) is 0 Å². The van der Waals surface area contributed by atoms with E-state index in [1.54, 1.807) is 0 Å². The fourth-order valence-corrected chi connectivity index (χ4v) is 6.06. The molecule has 1 fully saturated rings. The molecular formula is C14H17F3O5S2. The summed E-state index contributed by atoms with van der Waals surface area (Å²) < 4.78 is 92.3. The normalized spacial score (nSPS) is 19.2. The van der Waals surface area contributed by atoms with Crippen molar-refractivity contribution >= 4 is 20.0 Å². The smallest absolute Gasteiger partial charge is 0.247 e. The zero-order valence-corrected chi connectivity index (χ0v) is 14.5. The molecule has 136 valence electrons. The van der Waals surface area contributed by atoms with Crippen molar-refractivity contribution in [2.75, 3.05) is 6.26 Å². The van der Waals surface area contributed by atoms with Gasteiger partial charge in [0.05, 0.1) is 16.7 Å². The average Bonchev–Trinajstić information content (AvgIpc) is 2.45. The average molecular weight is 386 g/mol. The molecule has 0 heterocycles. The van der Waals surface area contributed by atoms with E-state index < -0.39 is 41.5 Å². The molecular weight excluding hydrogens is 369 g/mol. The molecule has 1 aliphatic carbocycles. The van der Waals surface area contributed by atoms with Crippen molar-refractivity contribution in [1.29, 1.82) is 0 Å². The van der Waals surface area contributed by atoms with Crippen LogP contribution in [0.25, 0.3) is 0 Å². The summed E-state index contributed by atoms with van der Waals surface area (Å²) >= 11 is 0. The Balaban J connectivity index is 2.57. The van der Waals surface area contributed by atoms with E-state index in [4.69, 9.17) is 4.18 Å². The van der Waals surface area contributed by atoms with Crippen LogP contribution < -0.4 is 0 Å². The molecule has 0 atom stereocenters. The topological polar surface area (TPSA) is 77.5 Å². The Kier molecular flexibility index (Phi) is 5.04. The zero-order chi connectivity index (χ0) is 18.2. The SMILES string of the molecule is CS(=O)(=O)OC1(S(=O)(=O)c2cccc(C(F)(F)F)c2)CCCCC1. The summed E-state index contributed by atoms with van der Waals surface area (Å²) in [6.07, 6.45) is -2.63. The quantitative estimate of drug-likeness (QED) is 0.743. The fourth-order valence-electron chi connectivity index (χ4n) is 2.82.